The summed E-state index contributed by atoms with van der Waals surface area (Å²) in [7, 11) is -2.18. The van der Waals surface area contributed by atoms with Crippen LogP contribution in [0.5, 0.6) is 11.5 Å². The van der Waals surface area contributed by atoms with E-state index in [1.807, 2.05) is 30.3 Å². The highest BCUT2D eigenvalue weighted by Gasteiger charge is 2.29. The minimum absolute atomic E-state index is 0.115. The molecule has 1 aliphatic heterocycles. The van der Waals surface area contributed by atoms with E-state index < -0.39 is 10.0 Å². The molecule has 0 unspecified atom stereocenters. The number of nitrogens with one attached hydrogen (secondary N) is 1. The fourth-order valence-electron chi connectivity index (χ4n) is 4.06. The summed E-state index contributed by atoms with van der Waals surface area (Å²) in [5.74, 6) is 1.38. The van der Waals surface area contributed by atoms with Crippen molar-refractivity contribution < 1.29 is 22.7 Å². The maximum absolute atomic E-state index is 13.3. The summed E-state index contributed by atoms with van der Waals surface area (Å²) in [6.45, 7) is 4.53. The standard InChI is InChI=1S/C27H30N2O5S/c1-19(2)20-6-9-24(10-7-20)34-18-27(30)28-22-8-15-26-21(17-22)5-4-16-29(26)35(31,32)25-13-11-23(33-3)12-14-25/h6-15,17,19H,4-5,16,18H2,1-3H3,(H,28,30). The number of anilines is 2. The first-order valence-electron chi connectivity index (χ1n) is 11.6. The zero-order valence-electron chi connectivity index (χ0n) is 20.2. The van der Waals surface area contributed by atoms with Gasteiger partial charge in [-0.1, -0.05) is 26.0 Å². The van der Waals surface area contributed by atoms with Crippen LogP contribution in [0.25, 0.3) is 0 Å². The zero-order valence-corrected chi connectivity index (χ0v) is 21.0. The maximum Gasteiger partial charge on any atom is 0.264 e. The Morgan fingerprint density at radius 1 is 1.00 bits per heavy atom. The van der Waals surface area contributed by atoms with E-state index >= 15 is 0 Å². The number of benzene rings is 3. The average Bonchev–Trinajstić information content (AvgIpc) is 2.87. The van der Waals surface area contributed by atoms with Gasteiger partial charge in [-0.15, -0.1) is 0 Å². The van der Waals surface area contributed by atoms with Crippen LogP contribution in [-0.2, 0) is 21.2 Å². The van der Waals surface area contributed by atoms with Gasteiger partial charge in [0.1, 0.15) is 11.5 Å². The van der Waals surface area contributed by atoms with Gasteiger partial charge in [0.15, 0.2) is 6.61 Å². The molecule has 0 aromatic heterocycles. The van der Waals surface area contributed by atoms with Gasteiger partial charge in [-0.05, 0) is 84.5 Å². The van der Waals surface area contributed by atoms with Crippen LogP contribution in [0.4, 0.5) is 11.4 Å². The summed E-state index contributed by atoms with van der Waals surface area (Å²) < 4.78 is 38.8. The fourth-order valence-corrected chi connectivity index (χ4v) is 5.60. The topological polar surface area (TPSA) is 84.9 Å². The summed E-state index contributed by atoms with van der Waals surface area (Å²) in [5.41, 5.74) is 3.32. The van der Waals surface area contributed by atoms with E-state index in [1.54, 1.807) is 36.4 Å². The molecule has 0 radical (unpaired) electrons. The molecule has 0 fully saturated rings. The Morgan fingerprint density at radius 2 is 1.69 bits per heavy atom. The molecule has 3 aromatic rings. The quantitative estimate of drug-likeness (QED) is 0.478. The highest BCUT2D eigenvalue weighted by atomic mass is 32.2. The Balaban J connectivity index is 1.43. The predicted octanol–water partition coefficient (Wildman–Crippen LogP) is 4.98. The molecule has 0 saturated heterocycles. The third-order valence-corrected chi connectivity index (χ3v) is 7.83. The Labute approximate surface area is 206 Å². The van der Waals surface area contributed by atoms with E-state index in [9.17, 15) is 13.2 Å². The number of rotatable bonds is 8. The number of hydrogen-bond donors (Lipinski definition) is 1. The van der Waals surface area contributed by atoms with Crippen LogP contribution in [0.2, 0.25) is 0 Å². The lowest BCUT2D eigenvalue weighted by Crippen LogP contribution is -2.35. The molecule has 1 amide bonds. The van der Waals surface area contributed by atoms with Gasteiger partial charge in [0, 0.05) is 12.2 Å². The SMILES string of the molecule is COc1ccc(S(=O)(=O)N2CCCc3cc(NC(=O)COc4ccc(C(C)C)cc4)ccc32)cc1. The summed E-state index contributed by atoms with van der Waals surface area (Å²) >= 11 is 0. The number of hydrogen-bond acceptors (Lipinski definition) is 5. The van der Waals surface area contributed by atoms with Crippen molar-refractivity contribution in [1.82, 2.24) is 0 Å². The lowest BCUT2D eigenvalue weighted by atomic mass is 10.0. The normalized spacial score (nSPS) is 13.3. The van der Waals surface area contributed by atoms with E-state index in [0.29, 0.717) is 41.8 Å². The van der Waals surface area contributed by atoms with Gasteiger partial charge in [0.05, 0.1) is 17.7 Å². The van der Waals surface area contributed by atoms with Crippen molar-refractivity contribution in [1.29, 1.82) is 0 Å². The van der Waals surface area contributed by atoms with Crippen LogP contribution in [-0.4, -0.2) is 34.6 Å². The highest BCUT2D eigenvalue weighted by molar-refractivity contribution is 7.92. The molecule has 0 atom stereocenters. The lowest BCUT2D eigenvalue weighted by Gasteiger charge is -2.31. The molecular weight excluding hydrogens is 464 g/mol. The third-order valence-electron chi connectivity index (χ3n) is 6.00. The number of aryl methyl sites for hydroxylation is 1. The van der Waals surface area contributed by atoms with Gasteiger partial charge in [0.2, 0.25) is 0 Å². The third kappa shape index (κ3) is 5.59. The van der Waals surface area contributed by atoms with Gasteiger partial charge in [-0.3, -0.25) is 9.10 Å². The maximum atomic E-state index is 13.3. The van der Waals surface area contributed by atoms with Crippen molar-refractivity contribution >= 4 is 27.3 Å². The molecule has 0 saturated carbocycles. The van der Waals surface area contributed by atoms with Gasteiger partial charge in [0.25, 0.3) is 15.9 Å². The van der Waals surface area contributed by atoms with Gasteiger partial charge in [-0.2, -0.15) is 0 Å². The van der Waals surface area contributed by atoms with Crippen LogP contribution < -0.4 is 19.1 Å². The summed E-state index contributed by atoms with van der Waals surface area (Å²) in [4.78, 5) is 12.6. The summed E-state index contributed by atoms with van der Waals surface area (Å²) in [6.07, 6.45) is 1.42. The van der Waals surface area contributed by atoms with Crippen molar-refractivity contribution in [3.63, 3.8) is 0 Å². The molecule has 0 bridgehead atoms. The molecular formula is C27H30N2O5S. The molecule has 4 rings (SSSR count). The van der Waals surface area contributed by atoms with Crippen molar-refractivity contribution in [2.24, 2.45) is 0 Å². The predicted molar refractivity (Wildman–Crippen MR) is 137 cm³/mol. The van der Waals surface area contributed by atoms with Crippen LogP contribution in [0.15, 0.2) is 71.6 Å². The number of amides is 1. The van der Waals surface area contributed by atoms with Crippen molar-refractivity contribution in [2.45, 2.75) is 37.5 Å². The minimum Gasteiger partial charge on any atom is -0.497 e. The molecule has 0 aliphatic carbocycles. The van der Waals surface area contributed by atoms with Gasteiger partial charge in [-0.25, -0.2) is 8.42 Å². The number of methoxy groups -OCH3 is 1. The second-order valence-electron chi connectivity index (χ2n) is 8.76. The Morgan fingerprint density at radius 3 is 2.34 bits per heavy atom. The molecule has 7 nitrogen and oxygen atoms in total. The number of sulfonamides is 1. The van der Waals surface area contributed by atoms with Crippen LogP contribution in [0, 0.1) is 0 Å². The van der Waals surface area contributed by atoms with E-state index in [1.165, 1.54) is 17.0 Å². The van der Waals surface area contributed by atoms with Gasteiger partial charge < -0.3 is 14.8 Å². The van der Waals surface area contributed by atoms with Crippen molar-refractivity contribution in [3.05, 3.63) is 77.9 Å². The van der Waals surface area contributed by atoms with Crippen LogP contribution >= 0.6 is 0 Å². The van der Waals surface area contributed by atoms with E-state index in [0.717, 1.165) is 12.0 Å². The van der Waals surface area contributed by atoms with Crippen molar-refractivity contribution in [2.75, 3.05) is 29.9 Å². The molecule has 8 heteroatoms. The van der Waals surface area contributed by atoms with Gasteiger partial charge >= 0.3 is 0 Å². The van der Waals surface area contributed by atoms with Crippen LogP contribution in [0.1, 0.15) is 37.3 Å². The Kier molecular flexibility index (Phi) is 7.31. The molecule has 35 heavy (non-hydrogen) atoms. The monoisotopic (exact) mass is 494 g/mol. The second kappa shape index (κ2) is 10.4. The Hall–Kier alpha value is -3.52. The number of carbonyl (C=O) groups is 1. The minimum atomic E-state index is -3.71. The molecule has 1 heterocycles. The Bertz CT molecular complexity index is 1290. The fraction of sp³-hybridized carbons (Fsp3) is 0.296. The molecule has 3 aromatic carbocycles. The first-order valence-corrected chi connectivity index (χ1v) is 13.0. The molecule has 0 spiro atoms. The van der Waals surface area contributed by atoms with E-state index in [4.69, 9.17) is 9.47 Å². The number of ether oxygens (including phenoxy) is 2. The zero-order chi connectivity index (χ0) is 25.0. The lowest BCUT2D eigenvalue weighted by molar-refractivity contribution is -0.118. The van der Waals surface area contributed by atoms with E-state index in [2.05, 4.69) is 19.2 Å². The first kappa shape index (κ1) is 24.6. The number of carbonyl (C=O) groups excluding carboxylic acids is 1. The highest BCUT2D eigenvalue weighted by Crippen LogP contribution is 2.34. The summed E-state index contributed by atoms with van der Waals surface area (Å²) in [6, 6.07) is 19.4. The molecule has 184 valence electrons. The average molecular weight is 495 g/mol. The number of fused-ring (bicyclic) bond motifs is 1. The van der Waals surface area contributed by atoms with E-state index in [-0.39, 0.29) is 17.4 Å². The largest absolute Gasteiger partial charge is 0.497 e. The van der Waals surface area contributed by atoms with Crippen molar-refractivity contribution in [3.8, 4) is 11.5 Å². The number of nitrogens with zero attached hydrogens (tertiary/aromatic N) is 1. The molecule has 1 N–H and O–H groups in total. The summed E-state index contributed by atoms with van der Waals surface area (Å²) in [5, 5.41) is 2.84. The second-order valence-corrected chi connectivity index (χ2v) is 10.6. The smallest absolute Gasteiger partial charge is 0.264 e. The van der Waals surface area contributed by atoms with Crippen LogP contribution in [0.3, 0.4) is 0 Å². The molecule has 1 aliphatic rings. The first-order chi connectivity index (χ1) is 16.8.